The summed E-state index contributed by atoms with van der Waals surface area (Å²) in [6.45, 7) is 6.82. The van der Waals surface area contributed by atoms with E-state index in [0.29, 0.717) is 32.5 Å². The highest BCUT2D eigenvalue weighted by molar-refractivity contribution is 5.40. The Morgan fingerprint density at radius 1 is 0.955 bits per heavy atom. The van der Waals surface area contributed by atoms with Crippen molar-refractivity contribution in [1.82, 2.24) is 5.32 Å². The first kappa shape index (κ1) is 19.1. The third kappa shape index (κ3) is 6.42. The zero-order chi connectivity index (χ0) is 16.7. The quantitative estimate of drug-likeness (QED) is 0.456. The monoisotopic (exact) mass is 310 g/mol. The van der Waals surface area contributed by atoms with Crippen molar-refractivity contribution in [3.05, 3.63) is 34.4 Å². The Bertz CT molecular complexity index is 459. The van der Waals surface area contributed by atoms with E-state index in [1.165, 1.54) is 0 Å². The van der Waals surface area contributed by atoms with Gasteiger partial charge in [0.1, 0.15) is 0 Å². The van der Waals surface area contributed by atoms with Crippen LogP contribution in [0.25, 0.3) is 0 Å². The zero-order valence-electron chi connectivity index (χ0n) is 13.8. The lowest BCUT2D eigenvalue weighted by Crippen LogP contribution is -2.24. The fourth-order valence-electron chi connectivity index (χ4n) is 2.64. The summed E-state index contributed by atoms with van der Waals surface area (Å²) in [6, 6.07) is 4.09. The molecule has 0 bridgehead atoms. The molecule has 22 heavy (non-hydrogen) atoms. The van der Waals surface area contributed by atoms with Crippen LogP contribution in [-0.4, -0.2) is 40.2 Å². The van der Waals surface area contributed by atoms with Crippen LogP contribution in [0.4, 0.5) is 0 Å². The SMILES string of the molecule is CC(O)CNCc1cc(CN)c(CC(C)O)c(CC(C)O)c1. The third-order valence-electron chi connectivity index (χ3n) is 3.50. The number of nitrogens with one attached hydrogen (secondary N) is 1. The number of hydrogen-bond acceptors (Lipinski definition) is 5. The predicted octanol–water partition coefficient (Wildman–Crippen LogP) is 0.462. The second-order valence-corrected chi connectivity index (χ2v) is 6.18. The molecular formula is C17H30N2O3. The molecular weight excluding hydrogens is 280 g/mol. The van der Waals surface area contributed by atoms with E-state index in [1.807, 2.05) is 6.07 Å². The molecule has 1 aromatic carbocycles. The van der Waals surface area contributed by atoms with E-state index in [9.17, 15) is 15.3 Å². The van der Waals surface area contributed by atoms with Crippen LogP contribution in [0.2, 0.25) is 0 Å². The van der Waals surface area contributed by atoms with Crippen LogP contribution in [0.3, 0.4) is 0 Å². The van der Waals surface area contributed by atoms with Crippen LogP contribution in [0.1, 0.15) is 43.0 Å². The molecule has 126 valence electrons. The number of hydrogen-bond donors (Lipinski definition) is 5. The van der Waals surface area contributed by atoms with Crippen LogP contribution < -0.4 is 11.1 Å². The van der Waals surface area contributed by atoms with E-state index < -0.39 is 12.2 Å². The summed E-state index contributed by atoms with van der Waals surface area (Å²) in [5.74, 6) is 0. The number of nitrogens with two attached hydrogens (primary N) is 1. The first-order valence-electron chi connectivity index (χ1n) is 7.92. The molecule has 0 spiro atoms. The molecule has 0 saturated carbocycles. The third-order valence-corrected chi connectivity index (χ3v) is 3.50. The van der Waals surface area contributed by atoms with Crippen molar-refractivity contribution in [1.29, 1.82) is 0 Å². The average molecular weight is 310 g/mol. The van der Waals surface area contributed by atoms with Crippen LogP contribution in [0, 0.1) is 0 Å². The van der Waals surface area contributed by atoms with E-state index in [1.54, 1.807) is 20.8 Å². The standard InChI is InChI=1S/C17H30N2O3/c1-11(20)4-15-6-14(10-19-9-13(3)22)7-16(8-18)17(15)5-12(2)21/h6-7,11-13,19-22H,4-5,8-10,18H2,1-3H3. The molecule has 5 nitrogen and oxygen atoms in total. The van der Waals surface area contributed by atoms with Crippen molar-refractivity contribution in [3.63, 3.8) is 0 Å². The Hall–Kier alpha value is -0.980. The Kier molecular flexibility index (Phi) is 8.00. The maximum absolute atomic E-state index is 9.73. The second-order valence-electron chi connectivity index (χ2n) is 6.18. The van der Waals surface area contributed by atoms with Crippen LogP contribution in [-0.2, 0) is 25.9 Å². The first-order chi connectivity index (χ1) is 10.3. The van der Waals surface area contributed by atoms with E-state index >= 15 is 0 Å². The van der Waals surface area contributed by atoms with Crippen LogP contribution >= 0.6 is 0 Å². The summed E-state index contributed by atoms with van der Waals surface area (Å²) in [6.07, 6.45) is -0.202. The van der Waals surface area contributed by atoms with Crippen molar-refractivity contribution in [2.45, 2.75) is 65.0 Å². The summed E-state index contributed by atoms with van der Waals surface area (Å²) in [4.78, 5) is 0. The molecule has 0 fully saturated rings. The minimum atomic E-state index is -0.447. The molecule has 0 aliphatic carbocycles. The van der Waals surface area contributed by atoms with Gasteiger partial charge in [0.25, 0.3) is 0 Å². The fourth-order valence-corrected chi connectivity index (χ4v) is 2.64. The van der Waals surface area contributed by atoms with Gasteiger partial charge in [0.2, 0.25) is 0 Å². The fraction of sp³-hybridized carbons (Fsp3) is 0.647. The maximum atomic E-state index is 9.73. The highest BCUT2D eigenvalue weighted by Gasteiger charge is 2.14. The molecule has 0 radical (unpaired) electrons. The number of benzene rings is 1. The predicted molar refractivity (Wildman–Crippen MR) is 88.5 cm³/mol. The Labute approximate surface area is 133 Å². The maximum Gasteiger partial charge on any atom is 0.0636 e. The van der Waals surface area contributed by atoms with Gasteiger partial charge < -0.3 is 26.4 Å². The van der Waals surface area contributed by atoms with Crippen LogP contribution in [0.15, 0.2) is 12.1 Å². The van der Waals surface area contributed by atoms with Gasteiger partial charge in [-0.15, -0.1) is 0 Å². The van der Waals surface area contributed by atoms with E-state index in [-0.39, 0.29) is 6.10 Å². The van der Waals surface area contributed by atoms with Gasteiger partial charge in [0.05, 0.1) is 18.3 Å². The van der Waals surface area contributed by atoms with Gasteiger partial charge in [0, 0.05) is 19.6 Å². The van der Waals surface area contributed by atoms with Crippen molar-refractivity contribution in [3.8, 4) is 0 Å². The summed E-state index contributed by atoms with van der Waals surface area (Å²) < 4.78 is 0. The summed E-state index contributed by atoms with van der Waals surface area (Å²) in [5, 5.41) is 31.9. The van der Waals surface area contributed by atoms with Gasteiger partial charge in [-0.05, 0) is 55.9 Å². The largest absolute Gasteiger partial charge is 0.393 e. The van der Waals surface area contributed by atoms with E-state index in [2.05, 4.69) is 11.4 Å². The minimum absolute atomic E-state index is 0.388. The minimum Gasteiger partial charge on any atom is -0.393 e. The van der Waals surface area contributed by atoms with Gasteiger partial charge in [-0.3, -0.25) is 0 Å². The van der Waals surface area contributed by atoms with Crippen molar-refractivity contribution < 1.29 is 15.3 Å². The smallest absolute Gasteiger partial charge is 0.0636 e. The van der Waals surface area contributed by atoms with Gasteiger partial charge in [-0.2, -0.15) is 0 Å². The average Bonchev–Trinajstić information content (AvgIpc) is 2.39. The van der Waals surface area contributed by atoms with Crippen LogP contribution in [0.5, 0.6) is 0 Å². The molecule has 0 aromatic heterocycles. The molecule has 3 atom stereocenters. The molecule has 6 N–H and O–H groups in total. The Balaban J connectivity index is 3.05. The first-order valence-corrected chi connectivity index (χ1v) is 7.92. The lowest BCUT2D eigenvalue weighted by Gasteiger charge is -2.19. The highest BCUT2D eigenvalue weighted by Crippen LogP contribution is 2.21. The van der Waals surface area contributed by atoms with E-state index in [4.69, 9.17) is 5.73 Å². The molecule has 5 heteroatoms. The molecule has 3 unspecified atom stereocenters. The van der Waals surface area contributed by atoms with Gasteiger partial charge >= 0.3 is 0 Å². The van der Waals surface area contributed by atoms with Crippen molar-refractivity contribution in [2.75, 3.05) is 6.54 Å². The molecule has 1 aromatic rings. The number of aliphatic hydroxyl groups excluding tert-OH is 3. The van der Waals surface area contributed by atoms with Crippen molar-refractivity contribution in [2.24, 2.45) is 5.73 Å². The van der Waals surface area contributed by atoms with E-state index in [0.717, 1.165) is 22.3 Å². The molecule has 0 aliphatic heterocycles. The molecule has 0 amide bonds. The zero-order valence-corrected chi connectivity index (χ0v) is 13.8. The van der Waals surface area contributed by atoms with Gasteiger partial charge in [-0.25, -0.2) is 0 Å². The lowest BCUT2D eigenvalue weighted by molar-refractivity contribution is 0.188. The molecule has 0 heterocycles. The Morgan fingerprint density at radius 2 is 1.55 bits per heavy atom. The molecule has 0 saturated heterocycles. The molecule has 0 aliphatic rings. The molecule has 1 rings (SSSR count). The Morgan fingerprint density at radius 3 is 2.05 bits per heavy atom. The normalized spacial score (nSPS) is 15.6. The topological polar surface area (TPSA) is 98.7 Å². The highest BCUT2D eigenvalue weighted by atomic mass is 16.3. The van der Waals surface area contributed by atoms with Gasteiger partial charge in [-0.1, -0.05) is 12.1 Å². The summed E-state index contributed by atoms with van der Waals surface area (Å²) >= 11 is 0. The summed E-state index contributed by atoms with van der Waals surface area (Å²) in [5.41, 5.74) is 10.0. The van der Waals surface area contributed by atoms with Gasteiger partial charge in [0.15, 0.2) is 0 Å². The summed E-state index contributed by atoms with van der Waals surface area (Å²) in [7, 11) is 0. The van der Waals surface area contributed by atoms with Crippen molar-refractivity contribution >= 4 is 0 Å². The number of aliphatic hydroxyl groups is 3. The lowest BCUT2D eigenvalue weighted by atomic mass is 9.91. The second kappa shape index (κ2) is 9.22. The number of rotatable bonds is 9.